The van der Waals surface area contributed by atoms with E-state index < -0.39 is 11.9 Å². The van der Waals surface area contributed by atoms with Gasteiger partial charge in [0.2, 0.25) is 0 Å². The van der Waals surface area contributed by atoms with E-state index in [9.17, 15) is 19.5 Å². The van der Waals surface area contributed by atoms with Crippen molar-refractivity contribution in [2.45, 2.75) is 6.92 Å². The molecule has 0 saturated carbocycles. The van der Waals surface area contributed by atoms with Gasteiger partial charge in [0, 0.05) is 16.8 Å². The van der Waals surface area contributed by atoms with E-state index in [-0.39, 0.29) is 27.0 Å². The van der Waals surface area contributed by atoms with Crippen molar-refractivity contribution >= 4 is 46.5 Å². The molecule has 1 amide bonds. The van der Waals surface area contributed by atoms with Gasteiger partial charge in [-0.3, -0.25) is 9.59 Å². The Bertz CT molecular complexity index is 800. The Morgan fingerprint density at radius 3 is 1.96 bits per heavy atom. The third kappa shape index (κ3) is 3.88. The molecule has 0 saturated heterocycles. The van der Waals surface area contributed by atoms with Crippen LogP contribution in [0.15, 0.2) is 36.4 Å². The highest BCUT2D eigenvalue weighted by atomic mass is 35.5. The summed E-state index contributed by atoms with van der Waals surface area (Å²) < 4.78 is 0. The van der Waals surface area contributed by atoms with Crippen LogP contribution in [0.4, 0.5) is 5.69 Å². The Balaban J connectivity index is 2.32. The van der Waals surface area contributed by atoms with Gasteiger partial charge in [-0.05, 0) is 43.3 Å². The molecule has 0 heterocycles. The molecule has 0 aliphatic heterocycles. The number of nitrogens with one attached hydrogen (secondary N) is 1. The van der Waals surface area contributed by atoms with Crippen LogP contribution in [0, 0.1) is 0 Å². The van der Waals surface area contributed by atoms with Gasteiger partial charge in [0.1, 0.15) is 0 Å². The first-order valence-electron chi connectivity index (χ1n) is 6.42. The molecule has 1 N–H and O–H groups in total. The predicted octanol–water partition coefficient (Wildman–Crippen LogP) is 2.81. The van der Waals surface area contributed by atoms with E-state index in [4.69, 9.17) is 23.2 Å². The molecular formula is C16H10Cl2NO4-. The average Bonchev–Trinajstić information content (AvgIpc) is 2.49. The van der Waals surface area contributed by atoms with Crippen molar-refractivity contribution in [3.05, 3.63) is 63.1 Å². The molecule has 0 spiro atoms. The number of carboxylic acid groups (broad SMARTS) is 1. The van der Waals surface area contributed by atoms with Crippen molar-refractivity contribution in [3.63, 3.8) is 0 Å². The summed E-state index contributed by atoms with van der Waals surface area (Å²) in [5.41, 5.74) is 0.357. The normalized spacial score (nSPS) is 10.2. The molecule has 2 aromatic rings. The molecule has 0 atom stereocenters. The minimum Gasteiger partial charge on any atom is -0.545 e. The average molecular weight is 351 g/mol. The summed E-state index contributed by atoms with van der Waals surface area (Å²) in [5.74, 6) is -2.33. The van der Waals surface area contributed by atoms with Gasteiger partial charge in [-0.2, -0.15) is 0 Å². The number of rotatable bonds is 4. The minimum atomic E-state index is -1.54. The van der Waals surface area contributed by atoms with Gasteiger partial charge in [0.15, 0.2) is 5.78 Å². The maximum absolute atomic E-state index is 12.3. The molecule has 0 radical (unpaired) electrons. The lowest BCUT2D eigenvalue weighted by Gasteiger charge is -2.12. The smallest absolute Gasteiger partial charge is 0.256 e. The van der Waals surface area contributed by atoms with Crippen LogP contribution in [-0.4, -0.2) is 17.7 Å². The number of Topliss-reactive ketones (excluding diaryl/α,β-unsaturated/α-hetero) is 1. The summed E-state index contributed by atoms with van der Waals surface area (Å²) in [6.07, 6.45) is 0. The summed E-state index contributed by atoms with van der Waals surface area (Å²) in [6, 6.07) is 8.38. The first kappa shape index (κ1) is 17.0. The number of benzene rings is 2. The number of hydrogen-bond acceptors (Lipinski definition) is 4. The maximum Gasteiger partial charge on any atom is 0.256 e. The molecule has 0 unspecified atom stereocenters. The molecule has 0 bridgehead atoms. The zero-order valence-corrected chi connectivity index (χ0v) is 13.4. The highest BCUT2D eigenvalue weighted by Crippen LogP contribution is 2.26. The molecule has 0 aromatic heterocycles. The number of ketones is 1. The number of anilines is 1. The number of carbonyl (C=O) groups excluding carboxylic acids is 3. The lowest BCUT2D eigenvalue weighted by atomic mass is 10.1. The zero-order chi connectivity index (χ0) is 17.1. The number of hydrogen-bond donors (Lipinski definition) is 1. The van der Waals surface area contributed by atoms with Gasteiger partial charge in [-0.15, -0.1) is 0 Å². The number of carboxylic acids is 1. The summed E-state index contributed by atoms with van der Waals surface area (Å²) in [4.78, 5) is 34.6. The van der Waals surface area contributed by atoms with Crippen molar-refractivity contribution in [1.29, 1.82) is 0 Å². The van der Waals surface area contributed by atoms with E-state index >= 15 is 0 Å². The van der Waals surface area contributed by atoms with Gasteiger partial charge >= 0.3 is 0 Å². The second kappa shape index (κ2) is 6.81. The molecule has 2 aromatic carbocycles. The van der Waals surface area contributed by atoms with Crippen molar-refractivity contribution < 1.29 is 19.5 Å². The van der Waals surface area contributed by atoms with E-state index in [0.717, 1.165) is 12.1 Å². The van der Waals surface area contributed by atoms with E-state index in [1.54, 1.807) is 12.1 Å². The Hall–Kier alpha value is -2.37. The van der Waals surface area contributed by atoms with Gasteiger partial charge < -0.3 is 15.2 Å². The Morgan fingerprint density at radius 2 is 1.48 bits per heavy atom. The molecule has 5 nitrogen and oxygen atoms in total. The number of aromatic carboxylic acids is 1. The highest BCUT2D eigenvalue weighted by molar-refractivity contribution is 6.42. The molecule has 23 heavy (non-hydrogen) atoms. The third-order valence-corrected chi connectivity index (χ3v) is 3.80. The standard InChI is InChI=1S/C16H11Cl2NO4/c1-8(20)9-2-4-10(5-3-9)19-15(21)11-6-13(17)14(18)7-12(11)16(22)23/h2-7H,1H3,(H,19,21)(H,22,23)/p-1. The zero-order valence-electron chi connectivity index (χ0n) is 11.9. The fourth-order valence-electron chi connectivity index (χ4n) is 1.89. The van der Waals surface area contributed by atoms with Gasteiger partial charge in [-0.25, -0.2) is 0 Å². The number of halogens is 2. The van der Waals surface area contributed by atoms with Gasteiger partial charge in [0.05, 0.1) is 21.6 Å². The van der Waals surface area contributed by atoms with Crippen LogP contribution in [0.2, 0.25) is 10.0 Å². The Kier molecular flexibility index (Phi) is 5.03. The minimum absolute atomic E-state index is 0.00762. The SMILES string of the molecule is CC(=O)c1ccc(NC(=O)c2cc(Cl)c(Cl)cc2C(=O)[O-])cc1. The molecule has 0 aliphatic rings. The van der Waals surface area contributed by atoms with Crippen molar-refractivity contribution in [1.82, 2.24) is 0 Å². The van der Waals surface area contributed by atoms with E-state index in [2.05, 4.69) is 5.32 Å². The third-order valence-electron chi connectivity index (χ3n) is 3.07. The molecule has 2 rings (SSSR count). The van der Waals surface area contributed by atoms with Gasteiger partial charge in [0.25, 0.3) is 5.91 Å². The lowest BCUT2D eigenvalue weighted by Crippen LogP contribution is -2.26. The molecular weight excluding hydrogens is 341 g/mol. The summed E-state index contributed by atoms with van der Waals surface area (Å²) in [6.45, 7) is 1.43. The molecule has 118 valence electrons. The van der Waals surface area contributed by atoms with Crippen LogP contribution in [0.25, 0.3) is 0 Å². The van der Waals surface area contributed by atoms with E-state index in [0.29, 0.717) is 11.3 Å². The second-order valence-electron chi connectivity index (χ2n) is 4.69. The van der Waals surface area contributed by atoms with Crippen LogP contribution in [0.1, 0.15) is 38.0 Å². The monoisotopic (exact) mass is 350 g/mol. The number of carbonyl (C=O) groups is 3. The highest BCUT2D eigenvalue weighted by Gasteiger charge is 2.15. The van der Waals surface area contributed by atoms with Crippen molar-refractivity contribution in [3.8, 4) is 0 Å². The fourth-order valence-corrected chi connectivity index (χ4v) is 2.22. The topological polar surface area (TPSA) is 86.3 Å². The lowest BCUT2D eigenvalue weighted by molar-refractivity contribution is -0.255. The Labute approximate surface area is 141 Å². The van der Waals surface area contributed by atoms with Crippen LogP contribution in [0.3, 0.4) is 0 Å². The molecule has 0 aliphatic carbocycles. The number of amides is 1. The van der Waals surface area contributed by atoms with Crippen LogP contribution in [-0.2, 0) is 0 Å². The fraction of sp³-hybridized carbons (Fsp3) is 0.0625. The quantitative estimate of drug-likeness (QED) is 0.859. The van der Waals surface area contributed by atoms with E-state index in [1.165, 1.54) is 19.1 Å². The van der Waals surface area contributed by atoms with E-state index in [1.807, 2.05) is 0 Å². The van der Waals surface area contributed by atoms with Gasteiger partial charge in [-0.1, -0.05) is 23.2 Å². The van der Waals surface area contributed by atoms with Crippen LogP contribution < -0.4 is 10.4 Å². The second-order valence-corrected chi connectivity index (χ2v) is 5.50. The largest absolute Gasteiger partial charge is 0.545 e. The molecule has 7 heteroatoms. The summed E-state index contributed by atoms with van der Waals surface area (Å²) in [7, 11) is 0. The summed E-state index contributed by atoms with van der Waals surface area (Å²) in [5, 5.41) is 13.7. The Morgan fingerprint density at radius 1 is 0.957 bits per heavy atom. The summed E-state index contributed by atoms with van der Waals surface area (Å²) >= 11 is 11.6. The first-order chi connectivity index (χ1) is 10.8. The maximum atomic E-state index is 12.3. The van der Waals surface area contributed by atoms with Crippen LogP contribution >= 0.6 is 23.2 Å². The van der Waals surface area contributed by atoms with Crippen molar-refractivity contribution in [2.75, 3.05) is 5.32 Å². The van der Waals surface area contributed by atoms with Crippen molar-refractivity contribution in [2.24, 2.45) is 0 Å². The first-order valence-corrected chi connectivity index (χ1v) is 7.18. The van der Waals surface area contributed by atoms with Crippen LogP contribution in [0.5, 0.6) is 0 Å². The predicted molar refractivity (Wildman–Crippen MR) is 85.2 cm³/mol. The molecule has 0 fully saturated rings.